The Bertz CT molecular complexity index is 265. The number of rotatable bonds is 4. The van der Waals surface area contributed by atoms with E-state index < -0.39 is 21.7 Å². The van der Waals surface area contributed by atoms with E-state index >= 15 is 0 Å². The van der Waals surface area contributed by atoms with E-state index in [2.05, 4.69) is 0 Å². The molecule has 0 aliphatic carbocycles. The summed E-state index contributed by atoms with van der Waals surface area (Å²) < 4.78 is 51.2. The van der Waals surface area contributed by atoms with Crippen molar-refractivity contribution in [1.29, 1.82) is 0 Å². The maximum atomic E-state index is 12.2. The molecule has 0 radical (unpaired) electrons. The van der Waals surface area contributed by atoms with E-state index in [4.69, 9.17) is 4.55 Å². The molecule has 0 aliphatic rings. The lowest BCUT2D eigenvalue weighted by Gasteiger charge is -2.21. The maximum Gasteiger partial charge on any atom is 0.401 e. The van der Waals surface area contributed by atoms with Crippen LogP contribution in [0.4, 0.5) is 3.89 Å². The topological polar surface area (TPSA) is 77.9 Å². The summed E-state index contributed by atoms with van der Waals surface area (Å²) in [4.78, 5) is 0. The van der Waals surface area contributed by atoms with Gasteiger partial charge in [-0.3, -0.25) is 4.55 Å². The number of halogens is 1. The van der Waals surface area contributed by atoms with Crippen LogP contribution in [-0.2, 0) is 21.7 Å². The molecule has 1 atom stereocenters. The quantitative estimate of drug-likeness (QED) is 0.393. The Morgan fingerprint density at radius 2 is 2.00 bits per heavy atom. The molecule has 0 rings (SSSR count). The monoisotopic (exact) mass is 220 g/mol. The summed E-state index contributed by atoms with van der Waals surface area (Å²) in [6.45, 7) is 1.60. The van der Waals surface area contributed by atoms with E-state index in [-0.39, 0.29) is 10.4 Å². The van der Waals surface area contributed by atoms with Gasteiger partial charge >= 0.3 is 10.4 Å². The van der Waals surface area contributed by atoms with Crippen molar-refractivity contribution in [2.24, 2.45) is 0 Å². The van der Waals surface area contributed by atoms with Gasteiger partial charge in [-0.1, -0.05) is 10.8 Å². The molecular formula is C3H9FN2O4S2. The lowest BCUT2D eigenvalue weighted by molar-refractivity contribution is 0.176. The van der Waals surface area contributed by atoms with Gasteiger partial charge in [0.25, 0.3) is 11.3 Å². The van der Waals surface area contributed by atoms with Gasteiger partial charge in [-0.05, 0) is 0 Å². The SMILES string of the molecule is CCN(C)N(S(=O)O)S(=O)(=O)F. The Balaban J connectivity index is 4.81. The summed E-state index contributed by atoms with van der Waals surface area (Å²) in [7, 11) is -3.99. The zero-order valence-electron chi connectivity index (χ0n) is 6.47. The van der Waals surface area contributed by atoms with Crippen LogP contribution in [-0.4, -0.2) is 39.6 Å². The first-order valence-corrected chi connectivity index (χ1v) is 5.28. The predicted octanol–water partition coefficient (Wildman–Crippen LogP) is -0.494. The largest absolute Gasteiger partial charge is 0.401 e. The number of nitrogens with zero attached hydrogens (tertiary/aromatic N) is 2. The average Bonchev–Trinajstić information content (AvgIpc) is 1.83. The Hall–Kier alpha value is -0.0900. The van der Waals surface area contributed by atoms with Gasteiger partial charge in [-0.15, -0.1) is 0 Å². The van der Waals surface area contributed by atoms with Gasteiger partial charge < -0.3 is 0 Å². The fraction of sp³-hybridized carbons (Fsp3) is 1.00. The van der Waals surface area contributed by atoms with Gasteiger partial charge in [0, 0.05) is 17.4 Å². The molecule has 6 nitrogen and oxygen atoms in total. The minimum atomic E-state index is -5.17. The first kappa shape index (κ1) is 11.9. The molecule has 9 heteroatoms. The number of hydrogen-bond donors (Lipinski definition) is 1. The molecule has 0 aromatic rings. The summed E-state index contributed by atoms with van der Waals surface area (Å²) >= 11 is -2.91. The molecule has 0 spiro atoms. The molecule has 0 aromatic heterocycles. The second-order valence-electron chi connectivity index (χ2n) is 1.85. The second kappa shape index (κ2) is 4.23. The lowest BCUT2D eigenvalue weighted by Crippen LogP contribution is -2.43. The van der Waals surface area contributed by atoms with Gasteiger partial charge in [0.05, 0.1) is 0 Å². The molecule has 0 aliphatic heterocycles. The molecule has 74 valence electrons. The first-order valence-electron chi connectivity index (χ1n) is 2.87. The number of hydrazine groups is 1. The zero-order valence-corrected chi connectivity index (χ0v) is 8.10. The first-order chi connectivity index (χ1) is 5.30. The molecular weight excluding hydrogens is 211 g/mol. The molecule has 12 heavy (non-hydrogen) atoms. The van der Waals surface area contributed by atoms with Crippen LogP contribution in [0.2, 0.25) is 0 Å². The molecule has 0 aromatic carbocycles. The molecule has 0 saturated carbocycles. The molecule has 1 unspecified atom stereocenters. The molecule has 0 bridgehead atoms. The molecule has 0 saturated heterocycles. The zero-order chi connectivity index (χ0) is 9.94. The standard InChI is InChI=1S/C3H9FN2O4S2/c1-3-5(2)6(11(7)8)12(4,9)10/h3H2,1-2H3,(H,7,8). The van der Waals surface area contributed by atoms with E-state index in [1.54, 1.807) is 0 Å². The van der Waals surface area contributed by atoms with Crippen LogP contribution in [0.25, 0.3) is 0 Å². The number of hydrogen-bond acceptors (Lipinski definition) is 4. The van der Waals surface area contributed by atoms with Crippen molar-refractivity contribution in [3.05, 3.63) is 0 Å². The van der Waals surface area contributed by atoms with E-state index in [0.717, 1.165) is 5.01 Å². The van der Waals surface area contributed by atoms with Crippen LogP contribution in [0.5, 0.6) is 0 Å². The summed E-state index contributed by atoms with van der Waals surface area (Å²) in [6, 6.07) is 0. The van der Waals surface area contributed by atoms with Crippen LogP contribution in [0, 0.1) is 0 Å². The summed E-state index contributed by atoms with van der Waals surface area (Å²) in [6.07, 6.45) is 0. The van der Waals surface area contributed by atoms with Gasteiger partial charge in [0.1, 0.15) is 0 Å². The lowest BCUT2D eigenvalue weighted by atomic mass is 10.8. The molecule has 1 N–H and O–H groups in total. The van der Waals surface area contributed by atoms with Crippen LogP contribution < -0.4 is 0 Å². The Kier molecular flexibility index (Phi) is 4.20. The fourth-order valence-electron chi connectivity index (χ4n) is 0.477. The maximum absolute atomic E-state index is 12.2. The third-order valence-electron chi connectivity index (χ3n) is 1.06. The van der Waals surface area contributed by atoms with Gasteiger partial charge in [-0.2, -0.15) is 8.42 Å². The second-order valence-corrected chi connectivity index (χ2v) is 4.06. The highest BCUT2D eigenvalue weighted by Crippen LogP contribution is 2.07. The highest BCUT2D eigenvalue weighted by molar-refractivity contribution is 7.96. The molecule has 0 amide bonds. The third-order valence-corrected chi connectivity index (χ3v) is 3.17. The van der Waals surface area contributed by atoms with Crippen molar-refractivity contribution in [3.63, 3.8) is 0 Å². The van der Waals surface area contributed by atoms with Crippen molar-refractivity contribution in [2.45, 2.75) is 6.92 Å². The van der Waals surface area contributed by atoms with E-state index in [1.165, 1.54) is 14.0 Å². The highest BCUT2D eigenvalue weighted by atomic mass is 32.3. The van der Waals surface area contributed by atoms with Crippen molar-refractivity contribution in [3.8, 4) is 0 Å². The minimum Gasteiger partial charge on any atom is -0.292 e. The van der Waals surface area contributed by atoms with Crippen LogP contribution >= 0.6 is 0 Å². The van der Waals surface area contributed by atoms with Gasteiger partial charge in [0.2, 0.25) is 0 Å². The van der Waals surface area contributed by atoms with E-state index in [0.29, 0.717) is 0 Å². The van der Waals surface area contributed by atoms with Crippen molar-refractivity contribution < 1.29 is 21.1 Å². The Labute approximate surface area is 72.7 Å². The van der Waals surface area contributed by atoms with E-state index in [1.807, 2.05) is 0 Å². The summed E-state index contributed by atoms with van der Waals surface area (Å²) in [5.41, 5.74) is 0. The molecule has 0 fully saturated rings. The van der Waals surface area contributed by atoms with Gasteiger partial charge in [-0.25, -0.2) is 9.22 Å². The predicted molar refractivity (Wildman–Crippen MR) is 40.9 cm³/mol. The highest BCUT2D eigenvalue weighted by Gasteiger charge is 2.30. The molecule has 0 heterocycles. The summed E-state index contributed by atoms with van der Waals surface area (Å²) in [5.74, 6) is 0. The van der Waals surface area contributed by atoms with Gasteiger partial charge in [0.15, 0.2) is 0 Å². The van der Waals surface area contributed by atoms with Crippen molar-refractivity contribution in [1.82, 2.24) is 8.83 Å². The van der Waals surface area contributed by atoms with Crippen molar-refractivity contribution >= 4 is 21.7 Å². The Morgan fingerprint density at radius 1 is 1.58 bits per heavy atom. The van der Waals surface area contributed by atoms with Crippen LogP contribution in [0.1, 0.15) is 6.92 Å². The van der Waals surface area contributed by atoms with E-state index in [9.17, 15) is 16.5 Å². The smallest absolute Gasteiger partial charge is 0.292 e. The third kappa shape index (κ3) is 3.11. The normalized spacial score (nSPS) is 15.5. The van der Waals surface area contributed by atoms with Crippen LogP contribution in [0.15, 0.2) is 0 Å². The summed E-state index contributed by atoms with van der Waals surface area (Å²) in [5, 5.41) is 0.769. The minimum absolute atomic E-state index is 0.0927. The van der Waals surface area contributed by atoms with Crippen LogP contribution in [0.3, 0.4) is 0 Å². The Morgan fingerprint density at radius 3 is 2.08 bits per heavy atom. The average molecular weight is 220 g/mol. The van der Waals surface area contributed by atoms with Crippen molar-refractivity contribution in [2.75, 3.05) is 13.6 Å². The fourth-order valence-corrected chi connectivity index (χ4v) is 1.89.